The lowest BCUT2D eigenvalue weighted by atomic mass is 10.2. The zero-order valence-electron chi connectivity index (χ0n) is 11.0. The van der Waals surface area contributed by atoms with Gasteiger partial charge in [0.1, 0.15) is 0 Å². The van der Waals surface area contributed by atoms with Crippen LogP contribution in [0.3, 0.4) is 0 Å². The number of benzene rings is 1. The van der Waals surface area contributed by atoms with Crippen LogP contribution in [0.25, 0.3) is 5.69 Å². The van der Waals surface area contributed by atoms with Gasteiger partial charge in [0.15, 0.2) is 0 Å². The molecule has 0 spiro atoms. The highest BCUT2D eigenvalue weighted by Gasteiger charge is 2.19. The van der Waals surface area contributed by atoms with E-state index in [0.717, 1.165) is 42.9 Å². The van der Waals surface area contributed by atoms with Gasteiger partial charge in [0.25, 0.3) is 5.91 Å². The molecule has 1 aromatic heterocycles. The first-order valence-electron chi connectivity index (χ1n) is 6.66. The molecule has 2 heterocycles. The highest BCUT2D eigenvalue weighted by molar-refractivity contribution is 5.94. The second-order valence-corrected chi connectivity index (χ2v) is 4.93. The quantitative estimate of drug-likeness (QED) is 0.826. The van der Waals surface area contributed by atoms with Gasteiger partial charge < -0.3 is 4.90 Å². The number of carbonyl (C=O) groups is 1. The predicted molar refractivity (Wildman–Crippen MR) is 73.4 cm³/mol. The van der Waals surface area contributed by atoms with Crippen molar-refractivity contribution in [2.45, 2.75) is 19.8 Å². The number of likely N-dealkylation sites (tertiary alicyclic amines) is 1. The van der Waals surface area contributed by atoms with Crippen LogP contribution >= 0.6 is 0 Å². The van der Waals surface area contributed by atoms with E-state index in [1.165, 1.54) is 0 Å². The molecule has 0 aliphatic carbocycles. The van der Waals surface area contributed by atoms with Crippen molar-refractivity contribution in [1.82, 2.24) is 14.7 Å². The normalized spacial score (nSPS) is 14.9. The van der Waals surface area contributed by atoms with Crippen LogP contribution in [0, 0.1) is 6.92 Å². The van der Waals surface area contributed by atoms with Gasteiger partial charge in [-0.25, -0.2) is 4.68 Å². The fraction of sp³-hybridized carbons (Fsp3) is 0.333. The summed E-state index contributed by atoms with van der Waals surface area (Å²) in [5.74, 6) is 0.140. The van der Waals surface area contributed by atoms with Gasteiger partial charge in [0.05, 0.1) is 5.69 Å². The summed E-state index contributed by atoms with van der Waals surface area (Å²) in [6, 6.07) is 9.63. The monoisotopic (exact) mass is 255 g/mol. The summed E-state index contributed by atoms with van der Waals surface area (Å²) in [7, 11) is 0. The molecule has 0 N–H and O–H groups in total. The third-order valence-corrected chi connectivity index (χ3v) is 3.58. The van der Waals surface area contributed by atoms with Crippen molar-refractivity contribution in [3.8, 4) is 5.69 Å². The molecule has 4 heteroatoms. The average molecular weight is 255 g/mol. The maximum Gasteiger partial charge on any atom is 0.253 e. The summed E-state index contributed by atoms with van der Waals surface area (Å²) < 4.78 is 1.87. The Morgan fingerprint density at radius 3 is 2.37 bits per heavy atom. The van der Waals surface area contributed by atoms with Crippen LogP contribution in [0.2, 0.25) is 0 Å². The summed E-state index contributed by atoms with van der Waals surface area (Å²) in [4.78, 5) is 14.1. The third-order valence-electron chi connectivity index (χ3n) is 3.58. The Hall–Kier alpha value is -2.10. The highest BCUT2D eigenvalue weighted by atomic mass is 16.2. The van der Waals surface area contributed by atoms with Crippen LogP contribution in [-0.2, 0) is 0 Å². The summed E-state index contributed by atoms with van der Waals surface area (Å²) >= 11 is 0. The smallest absolute Gasteiger partial charge is 0.253 e. The van der Waals surface area contributed by atoms with E-state index in [-0.39, 0.29) is 5.91 Å². The van der Waals surface area contributed by atoms with Crippen LogP contribution in [0.5, 0.6) is 0 Å². The van der Waals surface area contributed by atoms with Gasteiger partial charge in [-0.1, -0.05) is 0 Å². The number of hydrogen-bond donors (Lipinski definition) is 0. The Bertz CT molecular complexity index is 580. The summed E-state index contributed by atoms with van der Waals surface area (Å²) in [6.07, 6.45) is 4.02. The van der Waals surface area contributed by atoms with Gasteiger partial charge in [-0.15, -0.1) is 0 Å². The molecule has 1 aliphatic heterocycles. The number of aromatic nitrogens is 2. The Labute approximate surface area is 112 Å². The van der Waals surface area contributed by atoms with Crippen LogP contribution in [0.4, 0.5) is 0 Å². The van der Waals surface area contributed by atoms with Gasteiger partial charge in [0, 0.05) is 30.5 Å². The van der Waals surface area contributed by atoms with Crippen LogP contribution in [0.1, 0.15) is 28.9 Å². The van der Waals surface area contributed by atoms with Gasteiger partial charge in [-0.05, 0) is 50.1 Å². The Balaban J connectivity index is 1.83. The van der Waals surface area contributed by atoms with Crippen molar-refractivity contribution < 1.29 is 4.79 Å². The van der Waals surface area contributed by atoms with E-state index in [2.05, 4.69) is 5.10 Å². The Morgan fingerprint density at radius 1 is 1.11 bits per heavy atom. The molecule has 0 unspecified atom stereocenters. The summed E-state index contributed by atoms with van der Waals surface area (Å²) in [5, 5.41) is 4.26. The topological polar surface area (TPSA) is 38.1 Å². The Morgan fingerprint density at radius 2 is 1.79 bits per heavy atom. The first-order chi connectivity index (χ1) is 9.25. The molecule has 1 amide bonds. The first kappa shape index (κ1) is 12.0. The third kappa shape index (κ3) is 2.26. The molecule has 1 saturated heterocycles. The number of carbonyl (C=O) groups excluding carboxylic acids is 1. The number of rotatable bonds is 2. The molecule has 0 atom stereocenters. The zero-order chi connectivity index (χ0) is 13.2. The maximum absolute atomic E-state index is 12.2. The van der Waals surface area contributed by atoms with E-state index in [9.17, 15) is 4.79 Å². The van der Waals surface area contributed by atoms with Crippen molar-refractivity contribution in [2.75, 3.05) is 13.1 Å². The molecule has 0 radical (unpaired) electrons. The minimum atomic E-state index is 0.140. The largest absolute Gasteiger partial charge is 0.339 e. The van der Waals surface area contributed by atoms with Crippen LogP contribution in [0.15, 0.2) is 36.5 Å². The fourth-order valence-corrected chi connectivity index (χ4v) is 2.49. The van der Waals surface area contributed by atoms with E-state index < -0.39 is 0 Å². The lowest BCUT2D eigenvalue weighted by molar-refractivity contribution is 0.0793. The fourth-order valence-electron chi connectivity index (χ4n) is 2.49. The van der Waals surface area contributed by atoms with E-state index in [4.69, 9.17) is 0 Å². The van der Waals surface area contributed by atoms with Crippen molar-refractivity contribution >= 4 is 5.91 Å². The molecular formula is C15H17N3O. The van der Waals surface area contributed by atoms with Gasteiger partial charge >= 0.3 is 0 Å². The minimum Gasteiger partial charge on any atom is -0.339 e. The van der Waals surface area contributed by atoms with Gasteiger partial charge in [-0.3, -0.25) is 4.79 Å². The molecule has 1 aromatic carbocycles. The molecule has 0 bridgehead atoms. The molecule has 2 aromatic rings. The highest BCUT2D eigenvalue weighted by Crippen LogP contribution is 2.15. The van der Waals surface area contributed by atoms with Crippen molar-refractivity contribution in [2.24, 2.45) is 0 Å². The predicted octanol–water partition coefficient (Wildman–Crippen LogP) is 2.42. The molecule has 98 valence electrons. The van der Waals surface area contributed by atoms with Crippen LogP contribution < -0.4 is 0 Å². The second kappa shape index (κ2) is 4.88. The SMILES string of the molecule is Cc1ccnn1-c1ccc(C(=O)N2CCCC2)cc1. The maximum atomic E-state index is 12.2. The van der Waals surface area contributed by atoms with Crippen molar-refractivity contribution in [1.29, 1.82) is 0 Å². The molecular weight excluding hydrogens is 238 g/mol. The van der Waals surface area contributed by atoms with Crippen molar-refractivity contribution in [3.05, 3.63) is 47.8 Å². The number of aryl methyl sites for hydroxylation is 1. The van der Waals surface area contributed by atoms with Crippen molar-refractivity contribution in [3.63, 3.8) is 0 Å². The number of nitrogens with zero attached hydrogens (tertiary/aromatic N) is 3. The van der Waals surface area contributed by atoms with Crippen LogP contribution in [-0.4, -0.2) is 33.7 Å². The molecule has 1 fully saturated rings. The van der Waals surface area contributed by atoms with Gasteiger partial charge in [0.2, 0.25) is 0 Å². The average Bonchev–Trinajstić information content (AvgIpc) is 3.09. The minimum absolute atomic E-state index is 0.140. The molecule has 3 rings (SSSR count). The van der Waals surface area contributed by atoms with E-state index in [1.54, 1.807) is 6.20 Å². The van der Waals surface area contributed by atoms with E-state index in [1.807, 2.05) is 46.8 Å². The van der Waals surface area contributed by atoms with Gasteiger partial charge in [-0.2, -0.15) is 5.10 Å². The summed E-state index contributed by atoms with van der Waals surface area (Å²) in [5.41, 5.74) is 2.83. The second-order valence-electron chi connectivity index (χ2n) is 4.93. The number of hydrogen-bond acceptors (Lipinski definition) is 2. The molecule has 1 aliphatic rings. The Kier molecular flexibility index (Phi) is 3.07. The standard InChI is InChI=1S/C15H17N3O/c1-12-8-9-16-18(12)14-6-4-13(5-7-14)15(19)17-10-2-3-11-17/h4-9H,2-3,10-11H2,1H3. The van der Waals surface area contributed by atoms with E-state index in [0.29, 0.717) is 0 Å². The lowest BCUT2D eigenvalue weighted by Gasteiger charge is -2.15. The van der Waals surface area contributed by atoms with E-state index >= 15 is 0 Å². The number of amides is 1. The molecule has 19 heavy (non-hydrogen) atoms. The molecule has 4 nitrogen and oxygen atoms in total. The molecule has 0 saturated carbocycles. The summed E-state index contributed by atoms with van der Waals surface area (Å²) in [6.45, 7) is 3.79. The first-order valence-corrected chi connectivity index (χ1v) is 6.66. The lowest BCUT2D eigenvalue weighted by Crippen LogP contribution is -2.27. The zero-order valence-corrected chi connectivity index (χ0v) is 11.0.